The molecule has 0 amide bonds. The Kier molecular flexibility index (Phi) is 4.02. The van der Waals surface area contributed by atoms with E-state index in [4.69, 9.17) is 0 Å². The van der Waals surface area contributed by atoms with Gasteiger partial charge >= 0.3 is 0 Å². The maximum atomic E-state index is 10.8. The zero-order valence-corrected chi connectivity index (χ0v) is 13.1. The van der Waals surface area contributed by atoms with E-state index < -0.39 is 5.60 Å². The maximum absolute atomic E-state index is 10.8. The normalized spacial score (nSPS) is 14.6. The Morgan fingerprint density at radius 3 is 2.71 bits per heavy atom. The topological polar surface area (TPSA) is 33.1 Å². The lowest BCUT2D eigenvalue weighted by atomic mass is 9.92. The molecule has 17 heavy (non-hydrogen) atoms. The van der Waals surface area contributed by atoms with E-state index in [1.165, 1.54) is 11.3 Å². The average molecular weight is 377 g/mol. The molecule has 90 valence electrons. The van der Waals surface area contributed by atoms with Gasteiger partial charge in [-0.2, -0.15) is 0 Å². The SMILES string of the molecule is CCC(O)(c1cccc(Br)c1)c1nc(Br)cs1. The van der Waals surface area contributed by atoms with E-state index in [2.05, 4.69) is 36.8 Å². The number of hydrogen-bond donors (Lipinski definition) is 1. The van der Waals surface area contributed by atoms with E-state index in [9.17, 15) is 5.11 Å². The summed E-state index contributed by atoms with van der Waals surface area (Å²) < 4.78 is 1.72. The zero-order chi connectivity index (χ0) is 12.5. The summed E-state index contributed by atoms with van der Waals surface area (Å²) in [5.74, 6) is 0. The molecular formula is C12H11Br2NOS. The first-order valence-electron chi connectivity index (χ1n) is 5.16. The molecule has 0 aliphatic heterocycles. The van der Waals surface area contributed by atoms with Crippen molar-refractivity contribution in [1.29, 1.82) is 0 Å². The van der Waals surface area contributed by atoms with Crippen molar-refractivity contribution in [3.05, 3.63) is 49.3 Å². The van der Waals surface area contributed by atoms with Crippen LogP contribution in [0.5, 0.6) is 0 Å². The first kappa shape index (κ1) is 13.2. The number of benzene rings is 1. The average Bonchev–Trinajstić information content (AvgIpc) is 2.75. The summed E-state index contributed by atoms with van der Waals surface area (Å²) in [5.41, 5.74) is -0.156. The highest BCUT2D eigenvalue weighted by atomic mass is 79.9. The Labute approximate surface area is 121 Å². The monoisotopic (exact) mass is 375 g/mol. The molecule has 1 atom stereocenters. The highest BCUT2D eigenvalue weighted by Gasteiger charge is 2.32. The number of hydrogen-bond acceptors (Lipinski definition) is 3. The van der Waals surface area contributed by atoms with Gasteiger partial charge in [0.25, 0.3) is 0 Å². The van der Waals surface area contributed by atoms with E-state index in [-0.39, 0.29) is 0 Å². The quantitative estimate of drug-likeness (QED) is 0.865. The summed E-state index contributed by atoms with van der Waals surface area (Å²) in [6, 6.07) is 7.71. The van der Waals surface area contributed by atoms with Crippen molar-refractivity contribution < 1.29 is 5.11 Å². The fraction of sp³-hybridized carbons (Fsp3) is 0.250. The third-order valence-electron chi connectivity index (χ3n) is 2.64. The van der Waals surface area contributed by atoms with Crippen LogP contribution in [0.25, 0.3) is 0 Å². The van der Waals surface area contributed by atoms with Gasteiger partial charge in [0.2, 0.25) is 0 Å². The van der Waals surface area contributed by atoms with Crippen LogP contribution in [0, 0.1) is 0 Å². The van der Waals surface area contributed by atoms with E-state index in [1.54, 1.807) is 0 Å². The summed E-state index contributed by atoms with van der Waals surface area (Å²) in [5, 5.41) is 13.4. The van der Waals surface area contributed by atoms with Crippen molar-refractivity contribution >= 4 is 43.2 Å². The van der Waals surface area contributed by atoms with Crippen molar-refractivity contribution in [3.63, 3.8) is 0 Å². The fourth-order valence-corrected chi connectivity index (χ4v) is 3.51. The van der Waals surface area contributed by atoms with Crippen molar-refractivity contribution in [2.45, 2.75) is 18.9 Å². The number of thiazole rings is 1. The number of rotatable bonds is 3. The molecule has 1 unspecified atom stereocenters. The molecule has 0 saturated carbocycles. The molecule has 5 heteroatoms. The van der Waals surface area contributed by atoms with E-state index in [1.807, 2.05) is 36.6 Å². The second kappa shape index (κ2) is 5.18. The van der Waals surface area contributed by atoms with Crippen LogP contribution in [0.2, 0.25) is 0 Å². The van der Waals surface area contributed by atoms with E-state index in [0.717, 1.165) is 14.6 Å². The van der Waals surface area contributed by atoms with Gasteiger partial charge in [0.05, 0.1) is 0 Å². The fourth-order valence-electron chi connectivity index (χ4n) is 1.67. The molecule has 0 aliphatic rings. The number of aliphatic hydroxyl groups is 1. The van der Waals surface area contributed by atoms with Gasteiger partial charge < -0.3 is 5.11 Å². The van der Waals surface area contributed by atoms with Gasteiger partial charge in [-0.3, -0.25) is 0 Å². The zero-order valence-electron chi connectivity index (χ0n) is 9.15. The van der Waals surface area contributed by atoms with Crippen LogP contribution in [-0.2, 0) is 5.60 Å². The third-order valence-corrected chi connectivity index (χ3v) is 4.84. The van der Waals surface area contributed by atoms with Crippen LogP contribution in [0.3, 0.4) is 0 Å². The summed E-state index contributed by atoms with van der Waals surface area (Å²) in [6.45, 7) is 1.95. The van der Waals surface area contributed by atoms with Gasteiger partial charge in [0, 0.05) is 9.85 Å². The molecule has 0 radical (unpaired) electrons. The van der Waals surface area contributed by atoms with Crippen LogP contribution in [0.1, 0.15) is 23.9 Å². The summed E-state index contributed by atoms with van der Waals surface area (Å²) >= 11 is 8.20. The maximum Gasteiger partial charge on any atom is 0.141 e. The number of halogens is 2. The Bertz CT molecular complexity index is 529. The molecule has 2 nitrogen and oxygen atoms in total. The van der Waals surface area contributed by atoms with Gasteiger partial charge in [-0.1, -0.05) is 35.0 Å². The number of nitrogens with zero attached hydrogens (tertiary/aromatic N) is 1. The Morgan fingerprint density at radius 2 is 2.18 bits per heavy atom. The van der Waals surface area contributed by atoms with Crippen LogP contribution in [0.15, 0.2) is 38.7 Å². The van der Waals surface area contributed by atoms with Crippen molar-refractivity contribution in [3.8, 4) is 0 Å². The third kappa shape index (κ3) is 2.62. The molecule has 1 aromatic heterocycles. The predicted molar refractivity (Wildman–Crippen MR) is 77.2 cm³/mol. The van der Waals surface area contributed by atoms with Crippen LogP contribution < -0.4 is 0 Å². The second-order valence-electron chi connectivity index (χ2n) is 3.70. The molecule has 1 heterocycles. The lowest BCUT2D eigenvalue weighted by Crippen LogP contribution is -2.26. The smallest absolute Gasteiger partial charge is 0.141 e. The van der Waals surface area contributed by atoms with Crippen molar-refractivity contribution in [2.75, 3.05) is 0 Å². The Morgan fingerprint density at radius 1 is 1.41 bits per heavy atom. The molecule has 0 bridgehead atoms. The van der Waals surface area contributed by atoms with Crippen molar-refractivity contribution in [1.82, 2.24) is 4.98 Å². The molecule has 2 aromatic rings. The molecular weight excluding hydrogens is 366 g/mol. The lowest BCUT2D eigenvalue weighted by Gasteiger charge is -2.25. The minimum atomic E-state index is -1.01. The highest BCUT2D eigenvalue weighted by Crippen LogP contribution is 2.36. The van der Waals surface area contributed by atoms with Gasteiger partial charge in [0.1, 0.15) is 15.2 Å². The summed E-state index contributed by atoms with van der Waals surface area (Å²) in [7, 11) is 0. The standard InChI is InChI=1S/C12H11Br2NOS/c1-2-12(16,11-15-10(14)7-17-11)8-4-3-5-9(13)6-8/h3-7,16H,2H2,1H3. The first-order chi connectivity index (χ1) is 8.06. The highest BCUT2D eigenvalue weighted by molar-refractivity contribution is 9.10. The van der Waals surface area contributed by atoms with E-state index >= 15 is 0 Å². The summed E-state index contributed by atoms with van der Waals surface area (Å²) in [6.07, 6.45) is 0.587. The predicted octanol–water partition coefficient (Wildman–Crippen LogP) is 4.31. The molecule has 0 aliphatic carbocycles. The molecule has 2 rings (SSSR count). The molecule has 1 aromatic carbocycles. The van der Waals surface area contributed by atoms with Crippen LogP contribution in [-0.4, -0.2) is 10.1 Å². The molecule has 0 spiro atoms. The second-order valence-corrected chi connectivity index (χ2v) is 6.29. The molecule has 0 saturated heterocycles. The minimum absolute atomic E-state index is 0.587. The summed E-state index contributed by atoms with van der Waals surface area (Å²) in [4.78, 5) is 4.33. The Hall–Kier alpha value is -0.230. The van der Waals surface area contributed by atoms with Gasteiger partial charge in [-0.15, -0.1) is 11.3 Å². The number of aromatic nitrogens is 1. The van der Waals surface area contributed by atoms with Gasteiger partial charge in [0.15, 0.2) is 0 Å². The van der Waals surface area contributed by atoms with Crippen LogP contribution in [0.4, 0.5) is 0 Å². The molecule has 0 fully saturated rings. The van der Waals surface area contributed by atoms with E-state index in [0.29, 0.717) is 11.4 Å². The van der Waals surface area contributed by atoms with Gasteiger partial charge in [-0.05, 0) is 40.0 Å². The largest absolute Gasteiger partial charge is 0.378 e. The Balaban J connectivity index is 2.51. The first-order valence-corrected chi connectivity index (χ1v) is 7.62. The van der Waals surface area contributed by atoms with Gasteiger partial charge in [-0.25, -0.2) is 4.98 Å². The lowest BCUT2D eigenvalue weighted by molar-refractivity contribution is 0.0760. The van der Waals surface area contributed by atoms with Crippen LogP contribution >= 0.6 is 43.2 Å². The minimum Gasteiger partial charge on any atom is -0.378 e. The molecule has 1 N–H and O–H groups in total. The van der Waals surface area contributed by atoms with Crippen molar-refractivity contribution in [2.24, 2.45) is 0 Å².